The summed E-state index contributed by atoms with van der Waals surface area (Å²) in [5.74, 6) is 2.76. The number of hydrogen-bond donors (Lipinski definition) is 0. The molecular formula is C8H9N. The number of rotatable bonds is 0. The van der Waals surface area contributed by atoms with Gasteiger partial charge in [0.15, 0.2) is 0 Å². The maximum atomic E-state index is 3.88. The molecule has 0 aromatic rings. The van der Waals surface area contributed by atoms with Crippen molar-refractivity contribution in [2.24, 2.45) is 4.99 Å². The van der Waals surface area contributed by atoms with Crippen molar-refractivity contribution in [1.82, 2.24) is 0 Å². The second kappa shape index (κ2) is 2.47. The summed E-state index contributed by atoms with van der Waals surface area (Å²) in [5.41, 5.74) is 2.46. The average molecular weight is 119 g/mol. The first-order valence-electron chi connectivity index (χ1n) is 2.93. The Kier molecular flexibility index (Phi) is 1.66. The molecule has 0 N–H and O–H groups in total. The SMILES string of the molecule is CC1=CC=C=NC=C1C. The van der Waals surface area contributed by atoms with Gasteiger partial charge in [0.25, 0.3) is 0 Å². The average Bonchev–Trinajstić information content (AvgIpc) is 1.99. The molecular weight excluding hydrogens is 110 g/mol. The topological polar surface area (TPSA) is 12.4 Å². The molecule has 0 amide bonds. The van der Waals surface area contributed by atoms with Crippen LogP contribution in [0.3, 0.4) is 0 Å². The third kappa shape index (κ3) is 1.41. The fourth-order valence-corrected chi connectivity index (χ4v) is 0.573. The maximum Gasteiger partial charge on any atom is 0.0400 e. The van der Waals surface area contributed by atoms with Crippen LogP contribution < -0.4 is 0 Å². The van der Waals surface area contributed by atoms with E-state index in [0.717, 1.165) is 0 Å². The lowest BCUT2D eigenvalue weighted by atomic mass is 10.1. The molecule has 0 saturated heterocycles. The van der Waals surface area contributed by atoms with Crippen LogP contribution in [0.25, 0.3) is 0 Å². The molecule has 1 rings (SSSR count). The summed E-state index contributed by atoms with van der Waals surface area (Å²) >= 11 is 0. The van der Waals surface area contributed by atoms with Crippen molar-refractivity contribution in [3.63, 3.8) is 0 Å². The van der Waals surface area contributed by atoms with Crippen molar-refractivity contribution in [2.75, 3.05) is 0 Å². The van der Waals surface area contributed by atoms with Gasteiger partial charge >= 0.3 is 0 Å². The van der Waals surface area contributed by atoms with Crippen LogP contribution >= 0.6 is 0 Å². The first kappa shape index (κ1) is 6.06. The van der Waals surface area contributed by atoms with E-state index in [1.807, 2.05) is 25.3 Å². The van der Waals surface area contributed by atoms with E-state index in [1.54, 1.807) is 0 Å². The monoisotopic (exact) mass is 119 g/mol. The van der Waals surface area contributed by atoms with Crippen LogP contribution in [0.4, 0.5) is 0 Å². The Morgan fingerprint density at radius 1 is 1.33 bits per heavy atom. The molecule has 0 fully saturated rings. The van der Waals surface area contributed by atoms with Crippen LogP contribution in [-0.4, -0.2) is 5.87 Å². The molecule has 1 aliphatic rings. The predicted molar refractivity (Wildman–Crippen MR) is 39.5 cm³/mol. The van der Waals surface area contributed by atoms with E-state index >= 15 is 0 Å². The van der Waals surface area contributed by atoms with Gasteiger partial charge in [0.2, 0.25) is 0 Å². The summed E-state index contributed by atoms with van der Waals surface area (Å²) in [7, 11) is 0. The second-order valence-corrected chi connectivity index (χ2v) is 2.09. The predicted octanol–water partition coefficient (Wildman–Crippen LogP) is 2.08. The van der Waals surface area contributed by atoms with Gasteiger partial charge in [-0.1, -0.05) is 0 Å². The van der Waals surface area contributed by atoms with Crippen LogP contribution in [0.15, 0.2) is 34.5 Å². The van der Waals surface area contributed by atoms with Crippen molar-refractivity contribution in [2.45, 2.75) is 13.8 Å². The van der Waals surface area contributed by atoms with E-state index in [-0.39, 0.29) is 0 Å². The van der Waals surface area contributed by atoms with E-state index in [0.29, 0.717) is 0 Å². The van der Waals surface area contributed by atoms with Gasteiger partial charge in [0.05, 0.1) is 0 Å². The Bertz CT molecular complexity index is 203. The summed E-state index contributed by atoms with van der Waals surface area (Å²) in [6.45, 7) is 4.10. The Morgan fingerprint density at radius 2 is 2.11 bits per heavy atom. The van der Waals surface area contributed by atoms with E-state index in [2.05, 4.69) is 17.8 Å². The molecule has 9 heavy (non-hydrogen) atoms. The summed E-state index contributed by atoms with van der Waals surface area (Å²) in [5, 5.41) is 0. The van der Waals surface area contributed by atoms with Crippen LogP contribution in [0, 0.1) is 0 Å². The lowest BCUT2D eigenvalue weighted by molar-refractivity contribution is 1.32. The van der Waals surface area contributed by atoms with Crippen molar-refractivity contribution in [3.05, 3.63) is 29.5 Å². The van der Waals surface area contributed by atoms with Gasteiger partial charge in [-0.15, -0.1) is 0 Å². The molecule has 0 saturated carbocycles. The summed E-state index contributed by atoms with van der Waals surface area (Å²) in [4.78, 5) is 3.88. The number of allylic oxidation sites excluding steroid dienone is 4. The van der Waals surface area contributed by atoms with Gasteiger partial charge in [0.1, 0.15) is 0 Å². The number of hydrogen-bond acceptors (Lipinski definition) is 1. The lowest BCUT2D eigenvalue weighted by Crippen LogP contribution is -1.74. The quantitative estimate of drug-likeness (QED) is 0.463. The molecule has 1 aliphatic heterocycles. The van der Waals surface area contributed by atoms with Gasteiger partial charge in [-0.3, -0.25) is 0 Å². The summed E-state index contributed by atoms with van der Waals surface area (Å²) < 4.78 is 0. The van der Waals surface area contributed by atoms with Crippen molar-refractivity contribution in [1.29, 1.82) is 0 Å². The standard InChI is InChI=1S/C8H9N/c1-7-4-3-5-9-6-8(7)2/h3-4,6H,1-2H3. The molecule has 0 atom stereocenters. The van der Waals surface area contributed by atoms with Gasteiger partial charge in [-0.05, 0) is 43.0 Å². The normalized spacial score (nSPS) is 16.7. The van der Waals surface area contributed by atoms with Crippen molar-refractivity contribution in [3.8, 4) is 0 Å². The van der Waals surface area contributed by atoms with Gasteiger partial charge in [0, 0.05) is 6.20 Å². The van der Waals surface area contributed by atoms with Gasteiger partial charge in [-0.2, -0.15) is 0 Å². The Morgan fingerprint density at radius 3 is 2.89 bits per heavy atom. The second-order valence-electron chi connectivity index (χ2n) is 2.09. The first-order valence-corrected chi connectivity index (χ1v) is 2.93. The lowest BCUT2D eigenvalue weighted by Gasteiger charge is -1.93. The Labute approximate surface area is 55.1 Å². The van der Waals surface area contributed by atoms with E-state index in [9.17, 15) is 0 Å². The maximum absolute atomic E-state index is 3.88. The molecule has 0 radical (unpaired) electrons. The largest absolute Gasteiger partial charge is 0.214 e. The van der Waals surface area contributed by atoms with Gasteiger partial charge in [-0.25, -0.2) is 4.99 Å². The van der Waals surface area contributed by atoms with Gasteiger partial charge < -0.3 is 0 Å². The molecule has 1 nitrogen and oxygen atoms in total. The van der Waals surface area contributed by atoms with Crippen LogP contribution in [0.1, 0.15) is 13.8 Å². The molecule has 0 aliphatic carbocycles. The molecule has 46 valence electrons. The highest BCUT2D eigenvalue weighted by Crippen LogP contribution is 2.08. The molecule has 0 bridgehead atoms. The molecule has 0 unspecified atom stereocenters. The minimum Gasteiger partial charge on any atom is -0.214 e. The minimum absolute atomic E-state index is 1.20. The van der Waals surface area contributed by atoms with Crippen LogP contribution in [-0.2, 0) is 0 Å². The zero-order valence-electron chi connectivity index (χ0n) is 5.68. The highest BCUT2D eigenvalue weighted by atomic mass is 14.6. The highest BCUT2D eigenvalue weighted by Gasteiger charge is 1.90. The third-order valence-electron chi connectivity index (χ3n) is 1.36. The summed E-state index contributed by atoms with van der Waals surface area (Å²) in [6.07, 6.45) is 5.64. The van der Waals surface area contributed by atoms with E-state index in [4.69, 9.17) is 0 Å². The Balaban J connectivity index is 3.01. The van der Waals surface area contributed by atoms with Crippen LogP contribution in [0.5, 0.6) is 0 Å². The number of nitrogens with zero attached hydrogens (tertiary/aromatic N) is 1. The number of aliphatic imine (C=N–C) groups is 1. The fourth-order valence-electron chi connectivity index (χ4n) is 0.573. The first-order chi connectivity index (χ1) is 4.30. The zero-order valence-corrected chi connectivity index (χ0v) is 5.68. The fraction of sp³-hybridized carbons (Fsp3) is 0.250. The van der Waals surface area contributed by atoms with Crippen molar-refractivity contribution < 1.29 is 0 Å². The van der Waals surface area contributed by atoms with E-state index in [1.165, 1.54) is 11.1 Å². The molecule has 0 spiro atoms. The molecule has 0 aromatic heterocycles. The molecule has 1 heteroatoms. The zero-order chi connectivity index (χ0) is 6.69. The molecule has 1 heterocycles. The van der Waals surface area contributed by atoms with E-state index < -0.39 is 0 Å². The smallest absolute Gasteiger partial charge is 0.0400 e. The summed E-state index contributed by atoms with van der Waals surface area (Å²) in [6, 6.07) is 0. The van der Waals surface area contributed by atoms with Crippen molar-refractivity contribution >= 4 is 5.87 Å². The van der Waals surface area contributed by atoms with Crippen LogP contribution in [0.2, 0.25) is 0 Å². The Hall–Kier alpha value is -1.07. The molecule has 0 aromatic carbocycles. The minimum atomic E-state index is 1.20. The highest BCUT2D eigenvalue weighted by molar-refractivity contribution is 5.58. The third-order valence-corrected chi connectivity index (χ3v) is 1.36.